The zero-order chi connectivity index (χ0) is 13.3. The lowest BCUT2D eigenvalue weighted by Crippen LogP contribution is -2.30. The molecule has 1 aromatic rings. The van der Waals surface area contributed by atoms with Crippen molar-refractivity contribution < 1.29 is 31.5 Å². The van der Waals surface area contributed by atoms with Crippen molar-refractivity contribution in [1.29, 1.82) is 0 Å². The maximum absolute atomic E-state index is 12.0. The van der Waals surface area contributed by atoms with Crippen LogP contribution in [0.2, 0.25) is 0 Å². The number of carboxylic acid groups (broad SMARTS) is 1. The highest BCUT2D eigenvalue weighted by Gasteiger charge is 2.46. The van der Waals surface area contributed by atoms with Crippen molar-refractivity contribution in [2.24, 2.45) is 0 Å². The number of rotatable bonds is 3. The topological polar surface area (TPSA) is 96.4 Å². The van der Waals surface area contributed by atoms with Crippen molar-refractivity contribution in [3.8, 4) is 0 Å². The molecule has 0 aliphatic heterocycles. The fraction of sp³-hybridized carbons (Fsp3) is 0.143. The maximum atomic E-state index is 12.0. The Morgan fingerprint density at radius 1 is 1.41 bits per heavy atom. The monoisotopic (exact) mass is 270 g/mol. The first-order valence-electron chi connectivity index (χ1n) is 3.92. The van der Waals surface area contributed by atoms with E-state index in [1.165, 1.54) is 0 Å². The minimum absolute atomic E-state index is 0.752. The fourth-order valence-corrected chi connectivity index (χ4v) is 1.43. The molecule has 0 saturated heterocycles. The highest BCUT2D eigenvalue weighted by molar-refractivity contribution is 7.93. The molecule has 0 amide bonds. The number of carboxylic acids is 1. The SMILES string of the molecule is O=C(O)c1ncccc1NS(=O)(=O)C(F)(F)F. The second kappa shape index (κ2) is 4.20. The number of nitrogens with one attached hydrogen (secondary N) is 1. The van der Waals surface area contributed by atoms with Crippen molar-refractivity contribution in [3.05, 3.63) is 24.0 Å². The summed E-state index contributed by atoms with van der Waals surface area (Å²) in [5.41, 5.74) is -7.10. The average molecular weight is 270 g/mol. The highest BCUT2D eigenvalue weighted by Crippen LogP contribution is 2.26. The van der Waals surface area contributed by atoms with Gasteiger partial charge in [0, 0.05) is 6.20 Å². The van der Waals surface area contributed by atoms with E-state index in [-0.39, 0.29) is 0 Å². The quantitative estimate of drug-likeness (QED) is 0.855. The number of carbonyl (C=O) groups is 1. The van der Waals surface area contributed by atoms with Gasteiger partial charge in [-0.1, -0.05) is 0 Å². The van der Waals surface area contributed by atoms with Gasteiger partial charge in [0.1, 0.15) is 0 Å². The van der Waals surface area contributed by atoms with E-state index < -0.39 is 32.9 Å². The molecule has 0 unspecified atom stereocenters. The number of anilines is 1. The molecular weight excluding hydrogens is 265 g/mol. The molecule has 0 fully saturated rings. The summed E-state index contributed by atoms with van der Waals surface area (Å²) in [7, 11) is -5.66. The van der Waals surface area contributed by atoms with Crippen LogP contribution in [0.25, 0.3) is 0 Å². The Balaban J connectivity index is 3.18. The van der Waals surface area contributed by atoms with Crippen LogP contribution < -0.4 is 4.72 Å². The van der Waals surface area contributed by atoms with E-state index in [1.807, 2.05) is 0 Å². The lowest BCUT2D eigenvalue weighted by Gasteiger charge is -2.11. The summed E-state index contributed by atoms with van der Waals surface area (Å²) < 4.78 is 58.7. The van der Waals surface area contributed by atoms with Crippen LogP contribution in [0.5, 0.6) is 0 Å². The van der Waals surface area contributed by atoms with Gasteiger partial charge in [-0.2, -0.15) is 21.6 Å². The molecule has 17 heavy (non-hydrogen) atoms. The van der Waals surface area contributed by atoms with Gasteiger partial charge in [-0.15, -0.1) is 0 Å². The molecule has 0 spiro atoms. The van der Waals surface area contributed by atoms with E-state index in [0.717, 1.165) is 23.1 Å². The van der Waals surface area contributed by atoms with Gasteiger partial charge in [0.2, 0.25) is 0 Å². The van der Waals surface area contributed by atoms with Crippen LogP contribution in [-0.2, 0) is 10.0 Å². The molecule has 1 heterocycles. The van der Waals surface area contributed by atoms with Gasteiger partial charge in [0.25, 0.3) is 0 Å². The van der Waals surface area contributed by atoms with Crippen molar-refractivity contribution in [1.82, 2.24) is 4.98 Å². The normalized spacial score (nSPS) is 12.2. The number of hydrogen-bond donors (Lipinski definition) is 2. The first-order chi connectivity index (χ1) is 7.65. The molecular formula is C7H5F3N2O4S. The van der Waals surface area contributed by atoms with Crippen LogP contribution in [0, 0.1) is 0 Å². The van der Waals surface area contributed by atoms with Crippen LogP contribution >= 0.6 is 0 Å². The molecule has 0 aliphatic rings. The highest BCUT2D eigenvalue weighted by atomic mass is 32.2. The van der Waals surface area contributed by atoms with Gasteiger partial charge >= 0.3 is 21.5 Å². The standard InChI is InChI=1S/C7H5F3N2O4S/c8-7(9,10)17(15,16)12-4-2-1-3-11-5(4)6(13)14/h1-3,12H,(H,13,14). The smallest absolute Gasteiger partial charge is 0.476 e. The second-order valence-electron chi connectivity index (χ2n) is 2.76. The van der Waals surface area contributed by atoms with Crippen LogP contribution in [0.4, 0.5) is 18.9 Å². The van der Waals surface area contributed by atoms with E-state index in [2.05, 4.69) is 4.98 Å². The number of nitrogens with zero attached hydrogens (tertiary/aromatic N) is 1. The van der Waals surface area contributed by atoms with E-state index in [9.17, 15) is 26.4 Å². The molecule has 0 aromatic carbocycles. The average Bonchev–Trinajstić information content (AvgIpc) is 2.15. The number of aromatic nitrogens is 1. The fourth-order valence-electron chi connectivity index (χ4n) is 0.861. The summed E-state index contributed by atoms with van der Waals surface area (Å²) in [6.45, 7) is 0. The molecule has 94 valence electrons. The van der Waals surface area contributed by atoms with Crippen molar-refractivity contribution in [2.45, 2.75) is 5.51 Å². The number of pyridine rings is 1. The van der Waals surface area contributed by atoms with Crippen LogP contribution in [-0.4, -0.2) is 30.0 Å². The summed E-state index contributed by atoms with van der Waals surface area (Å²) in [6, 6.07) is 1.96. The largest absolute Gasteiger partial charge is 0.516 e. The summed E-state index contributed by atoms with van der Waals surface area (Å²) >= 11 is 0. The zero-order valence-corrected chi connectivity index (χ0v) is 8.71. The third-order valence-electron chi connectivity index (χ3n) is 1.56. The van der Waals surface area contributed by atoms with E-state index in [0.29, 0.717) is 0 Å². The Kier molecular flexibility index (Phi) is 3.27. The Morgan fingerprint density at radius 3 is 2.47 bits per heavy atom. The Morgan fingerprint density at radius 2 is 2.00 bits per heavy atom. The molecule has 10 heteroatoms. The van der Waals surface area contributed by atoms with Gasteiger partial charge in [0.05, 0.1) is 5.69 Å². The number of alkyl halides is 3. The van der Waals surface area contributed by atoms with E-state index in [4.69, 9.17) is 5.11 Å². The van der Waals surface area contributed by atoms with Crippen molar-refractivity contribution in [2.75, 3.05) is 4.72 Å². The molecule has 0 saturated carbocycles. The number of halogens is 3. The van der Waals surface area contributed by atoms with Crippen molar-refractivity contribution >= 4 is 21.7 Å². The van der Waals surface area contributed by atoms with Gasteiger partial charge < -0.3 is 5.11 Å². The number of sulfonamides is 1. The van der Waals surface area contributed by atoms with Gasteiger partial charge in [-0.25, -0.2) is 9.78 Å². The summed E-state index contributed by atoms with van der Waals surface area (Å²) in [4.78, 5) is 13.8. The van der Waals surface area contributed by atoms with Gasteiger partial charge in [0.15, 0.2) is 5.69 Å². The molecule has 6 nitrogen and oxygen atoms in total. The zero-order valence-electron chi connectivity index (χ0n) is 7.89. The molecule has 1 rings (SSSR count). The molecule has 0 radical (unpaired) electrons. The Hall–Kier alpha value is -1.84. The third kappa shape index (κ3) is 2.84. The summed E-state index contributed by atoms with van der Waals surface area (Å²) in [5.74, 6) is -1.65. The van der Waals surface area contributed by atoms with Crippen LogP contribution in [0.1, 0.15) is 10.5 Å². The lowest BCUT2D eigenvalue weighted by atomic mass is 10.3. The molecule has 0 aliphatic carbocycles. The molecule has 0 bridgehead atoms. The molecule has 0 atom stereocenters. The molecule has 1 aromatic heterocycles. The number of hydrogen-bond acceptors (Lipinski definition) is 4. The predicted octanol–water partition coefficient (Wildman–Crippen LogP) is 1.04. The first-order valence-corrected chi connectivity index (χ1v) is 5.41. The predicted molar refractivity (Wildman–Crippen MR) is 49.8 cm³/mol. The van der Waals surface area contributed by atoms with Crippen LogP contribution in [0.15, 0.2) is 18.3 Å². The van der Waals surface area contributed by atoms with Crippen LogP contribution in [0.3, 0.4) is 0 Å². The van der Waals surface area contributed by atoms with E-state index >= 15 is 0 Å². The van der Waals surface area contributed by atoms with Gasteiger partial charge in [-0.3, -0.25) is 4.72 Å². The van der Waals surface area contributed by atoms with Crippen molar-refractivity contribution in [3.63, 3.8) is 0 Å². The Bertz CT molecular complexity index is 540. The second-order valence-corrected chi connectivity index (χ2v) is 4.43. The minimum atomic E-state index is -5.66. The Labute approximate surface area is 93.1 Å². The maximum Gasteiger partial charge on any atom is 0.516 e. The lowest BCUT2D eigenvalue weighted by molar-refractivity contribution is -0.0429. The summed E-state index contributed by atoms with van der Waals surface area (Å²) in [6.07, 6.45) is 1.01. The minimum Gasteiger partial charge on any atom is -0.476 e. The summed E-state index contributed by atoms with van der Waals surface area (Å²) in [5, 5.41) is 8.59. The van der Waals surface area contributed by atoms with E-state index in [1.54, 1.807) is 0 Å². The third-order valence-corrected chi connectivity index (χ3v) is 2.66. The van der Waals surface area contributed by atoms with Gasteiger partial charge in [-0.05, 0) is 12.1 Å². The first kappa shape index (κ1) is 13.2. The number of aromatic carboxylic acids is 1. The molecule has 2 N–H and O–H groups in total.